The Morgan fingerprint density at radius 3 is 1.58 bits per heavy atom. The van der Waals surface area contributed by atoms with Crippen LogP contribution in [0.2, 0.25) is 0 Å². The third-order valence-corrected chi connectivity index (χ3v) is 4.73. The van der Waals surface area contributed by atoms with Gasteiger partial charge in [0, 0.05) is 43.1 Å². The number of allylic oxidation sites excluding steroid dienone is 1. The zero-order valence-corrected chi connectivity index (χ0v) is 16.4. The van der Waals surface area contributed by atoms with E-state index in [1.807, 2.05) is 30.3 Å². The molecule has 0 fully saturated rings. The second-order valence-electron chi connectivity index (χ2n) is 6.18. The van der Waals surface area contributed by atoms with Crippen molar-refractivity contribution in [1.29, 1.82) is 0 Å². The first kappa shape index (κ1) is 19.8. The maximum absolute atomic E-state index is 12.4. The number of rotatable bonds is 9. The summed E-state index contributed by atoms with van der Waals surface area (Å²) in [6.45, 7) is 12.5. The van der Waals surface area contributed by atoms with E-state index in [1.165, 1.54) is 5.69 Å². The van der Waals surface area contributed by atoms with Gasteiger partial charge in [0.15, 0.2) is 5.78 Å². The van der Waals surface area contributed by atoms with E-state index in [2.05, 4.69) is 61.8 Å². The number of anilines is 2. The normalized spacial score (nSPS) is 10.9. The Morgan fingerprint density at radius 2 is 1.15 bits per heavy atom. The molecule has 0 saturated carbocycles. The lowest BCUT2D eigenvalue weighted by Crippen LogP contribution is -2.21. The Hall–Kier alpha value is -2.55. The lowest BCUT2D eigenvalue weighted by Gasteiger charge is -2.21. The van der Waals surface area contributed by atoms with Gasteiger partial charge >= 0.3 is 0 Å². The van der Waals surface area contributed by atoms with E-state index in [9.17, 15) is 4.79 Å². The average molecular weight is 351 g/mol. The maximum Gasteiger partial charge on any atom is 0.185 e. The molecule has 3 nitrogen and oxygen atoms in total. The summed E-state index contributed by atoms with van der Waals surface area (Å²) in [5.41, 5.74) is 4.12. The fourth-order valence-electron chi connectivity index (χ4n) is 3.08. The quantitative estimate of drug-likeness (QED) is 0.454. The van der Waals surface area contributed by atoms with E-state index in [0.29, 0.717) is 0 Å². The highest BCUT2D eigenvalue weighted by Gasteiger charge is 2.05. The molecule has 0 saturated heterocycles. The molecular formula is C23H30N2O. The minimum Gasteiger partial charge on any atom is -0.372 e. The summed E-state index contributed by atoms with van der Waals surface area (Å²) in [5.74, 6) is 0.0314. The number of benzene rings is 2. The minimum absolute atomic E-state index is 0.0314. The molecule has 0 heterocycles. The van der Waals surface area contributed by atoms with Crippen molar-refractivity contribution in [2.75, 3.05) is 36.0 Å². The van der Waals surface area contributed by atoms with Crippen LogP contribution in [0.5, 0.6) is 0 Å². The monoisotopic (exact) mass is 350 g/mol. The van der Waals surface area contributed by atoms with Gasteiger partial charge in [-0.3, -0.25) is 4.79 Å². The SMILES string of the molecule is CCN(CC)c1ccc(C=CC(=O)c2ccc(N(CC)CC)cc2)cc1. The number of hydrogen-bond donors (Lipinski definition) is 0. The van der Waals surface area contributed by atoms with Crippen molar-refractivity contribution >= 4 is 23.2 Å². The largest absolute Gasteiger partial charge is 0.372 e. The van der Waals surface area contributed by atoms with Crippen molar-refractivity contribution in [3.63, 3.8) is 0 Å². The molecule has 0 aromatic heterocycles. The van der Waals surface area contributed by atoms with E-state index in [1.54, 1.807) is 6.08 Å². The average Bonchev–Trinajstić information content (AvgIpc) is 2.69. The Balaban J connectivity index is 2.04. The highest BCUT2D eigenvalue weighted by molar-refractivity contribution is 6.07. The predicted molar refractivity (Wildman–Crippen MR) is 113 cm³/mol. The fraction of sp³-hybridized carbons (Fsp3) is 0.348. The second kappa shape index (κ2) is 9.81. The molecule has 0 N–H and O–H groups in total. The molecule has 0 radical (unpaired) electrons. The van der Waals surface area contributed by atoms with Crippen LogP contribution < -0.4 is 9.80 Å². The molecule has 2 aromatic carbocycles. The summed E-state index contributed by atoms with van der Waals surface area (Å²) in [7, 11) is 0. The zero-order valence-electron chi connectivity index (χ0n) is 16.4. The topological polar surface area (TPSA) is 23.6 Å². The van der Waals surface area contributed by atoms with E-state index in [-0.39, 0.29) is 5.78 Å². The standard InChI is InChI=1S/C23H30N2O/c1-5-24(6-2)21-14-9-19(10-15-21)11-18-23(26)20-12-16-22(17-13-20)25(7-3)8-4/h9-18H,5-8H2,1-4H3. The smallest absolute Gasteiger partial charge is 0.185 e. The summed E-state index contributed by atoms with van der Waals surface area (Å²) >= 11 is 0. The molecule has 0 aliphatic carbocycles. The summed E-state index contributed by atoms with van der Waals surface area (Å²) in [6.07, 6.45) is 3.53. The maximum atomic E-state index is 12.4. The Bertz CT molecular complexity index is 709. The van der Waals surface area contributed by atoms with E-state index in [0.717, 1.165) is 43.0 Å². The Morgan fingerprint density at radius 1 is 0.731 bits per heavy atom. The highest BCUT2D eigenvalue weighted by Crippen LogP contribution is 2.17. The van der Waals surface area contributed by atoms with Gasteiger partial charge in [0.2, 0.25) is 0 Å². The highest BCUT2D eigenvalue weighted by atomic mass is 16.1. The van der Waals surface area contributed by atoms with Gasteiger partial charge in [-0.1, -0.05) is 18.2 Å². The van der Waals surface area contributed by atoms with Crippen molar-refractivity contribution in [3.05, 3.63) is 65.7 Å². The summed E-state index contributed by atoms with van der Waals surface area (Å²) in [4.78, 5) is 17.0. The van der Waals surface area contributed by atoms with E-state index < -0.39 is 0 Å². The van der Waals surface area contributed by atoms with Crippen molar-refractivity contribution in [1.82, 2.24) is 0 Å². The van der Waals surface area contributed by atoms with Gasteiger partial charge < -0.3 is 9.80 Å². The van der Waals surface area contributed by atoms with Gasteiger partial charge in [-0.25, -0.2) is 0 Å². The van der Waals surface area contributed by atoms with Crippen LogP contribution in [0.1, 0.15) is 43.6 Å². The summed E-state index contributed by atoms with van der Waals surface area (Å²) in [6, 6.07) is 16.2. The van der Waals surface area contributed by atoms with Crippen molar-refractivity contribution in [3.8, 4) is 0 Å². The van der Waals surface area contributed by atoms with Crippen LogP contribution in [0.25, 0.3) is 6.08 Å². The van der Waals surface area contributed by atoms with E-state index in [4.69, 9.17) is 0 Å². The van der Waals surface area contributed by atoms with Gasteiger partial charge in [0.25, 0.3) is 0 Å². The van der Waals surface area contributed by atoms with Gasteiger partial charge in [0.1, 0.15) is 0 Å². The van der Waals surface area contributed by atoms with Gasteiger partial charge in [-0.2, -0.15) is 0 Å². The van der Waals surface area contributed by atoms with Gasteiger partial charge in [-0.15, -0.1) is 0 Å². The Kier molecular flexibility index (Phi) is 7.46. The number of carbonyl (C=O) groups excluding carboxylic acids is 1. The molecule has 0 aliphatic heterocycles. The van der Waals surface area contributed by atoms with Crippen LogP contribution >= 0.6 is 0 Å². The van der Waals surface area contributed by atoms with Crippen LogP contribution in [-0.4, -0.2) is 32.0 Å². The molecule has 138 valence electrons. The summed E-state index contributed by atoms with van der Waals surface area (Å²) in [5, 5.41) is 0. The lowest BCUT2D eigenvalue weighted by molar-refractivity contribution is 0.104. The zero-order chi connectivity index (χ0) is 18.9. The molecular weight excluding hydrogens is 320 g/mol. The molecule has 26 heavy (non-hydrogen) atoms. The van der Waals surface area contributed by atoms with Crippen LogP contribution in [0.15, 0.2) is 54.6 Å². The second-order valence-corrected chi connectivity index (χ2v) is 6.18. The molecule has 2 aromatic rings. The lowest BCUT2D eigenvalue weighted by atomic mass is 10.1. The van der Waals surface area contributed by atoms with Gasteiger partial charge in [0.05, 0.1) is 0 Å². The Labute approximate surface area is 157 Å². The van der Waals surface area contributed by atoms with Crippen molar-refractivity contribution in [2.45, 2.75) is 27.7 Å². The molecule has 3 heteroatoms. The number of hydrogen-bond acceptors (Lipinski definition) is 3. The van der Waals surface area contributed by atoms with E-state index >= 15 is 0 Å². The first-order valence-electron chi connectivity index (χ1n) is 9.55. The van der Waals surface area contributed by atoms with Gasteiger partial charge in [-0.05, 0) is 75.7 Å². The third kappa shape index (κ3) is 4.98. The first-order chi connectivity index (χ1) is 12.6. The van der Waals surface area contributed by atoms with Crippen LogP contribution in [0, 0.1) is 0 Å². The van der Waals surface area contributed by atoms with Crippen molar-refractivity contribution in [2.24, 2.45) is 0 Å². The minimum atomic E-state index is 0.0314. The predicted octanol–water partition coefficient (Wildman–Crippen LogP) is 5.28. The number of carbonyl (C=O) groups is 1. The molecule has 0 amide bonds. The third-order valence-electron chi connectivity index (χ3n) is 4.73. The number of nitrogens with zero attached hydrogens (tertiary/aromatic N) is 2. The molecule has 2 rings (SSSR count). The first-order valence-corrected chi connectivity index (χ1v) is 9.55. The number of ketones is 1. The van der Waals surface area contributed by atoms with Crippen molar-refractivity contribution < 1.29 is 4.79 Å². The molecule has 0 spiro atoms. The van der Waals surface area contributed by atoms with Crippen LogP contribution in [0.4, 0.5) is 11.4 Å². The van der Waals surface area contributed by atoms with Crippen LogP contribution in [0.3, 0.4) is 0 Å². The fourth-order valence-corrected chi connectivity index (χ4v) is 3.08. The molecule has 0 atom stereocenters. The van der Waals surface area contributed by atoms with Crippen LogP contribution in [-0.2, 0) is 0 Å². The summed E-state index contributed by atoms with van der Waals surface area (Å²) < 4.78 is 0. The molecule has 0 aliphatic rings. The molecule has 0 bridgehead atoms. The molecule has 0 unspecified atom stereocenters.